The lowest BCUT2D eigenvalue weighted by Crippen LogP contribution is -2.17. The van der Waals surface area contributed by atoms with E-state index in [1.165, 1.54) is 65.7 Å². The fourth-order valence-electron chi connectivity index (χ4n) is 8.74. The predicted molar refractivity (Wildman–Crippen MR) is 237 cm³/mol. The highest BCUT2D eigenvalue weighted by atomic mass is 15.2. The largest absolute Gasteiger partial charge is 0.310 e. The van der Waals surface area contributed by atoms with E-state index < -0.39 is 0 Å². The first-order chi connectivity index (χ1) is 27.6. The smallest absolute Gasteiger partial charge is 0.0561 e. The lowest BCUT2D eigenvalue weighted by Gasteiger charge is -2.33. The molecule has 0 amide bonds. The maximum Gasteiger partial charge on any atom is 0.0561 e. The molecule has 0 radical (unpaired) electrons. The van der Waals surface area contributed by atoms with Gasteiger partial charge in [-0.1, -0.05) is 133 Å². The molecule has 10 rings (SSSR count). The zero-order valence-electron chi connectivity index (χ0n) is 31.6. The Labute approximate surface area is 329 Å². The van der Waals surface area contributed by atoms with Crippen molar-refractivity contribution in [1.29, 1.82) is 0 Å². The number of aryl methyl sites for hydroxylation is 3. The number of rotatable bonds is 8. The zero-order chi connectivity index (χ0) is 37.6. The van der Waals surface area contributed by atoms with Crippen LogP contribution in [0, 0.1) is 26.0 Å². The first kappa shape index (κ1) is 33.5. The fourth-order valence-corrected chi connectivity index (χ4v) is 8.74. The summed E-state index contributed by atoms with van der Waals surface area (Å²) in [7, 11) is 0. The molecule has 0 atom stereocenters. The summed E-state index contributed by atoms with van der Waals surface area (Å²) < 4.78 is 0. The van der Waals surface area contributed by atoms with Crippen LogP contribution in [0.4, 0.5) is 34.1 Å². The van der Waals surface area contributed by atoms with Crippen molar-refractivity contribution in [2.45, 2.75) is 26.7 Å². The van der Waals surface area contributed by atoms with Gasteiger partial charge in [-0.25, -0.2) is 0 Å². The van der Waals surface area contributed by atoms with Gasteiger partial charge in [0.15, 0.2) is 0 Å². The summed E-state index contributed by atoms with van der Waals surface area (Å²) in [5.41, 5.74) is 15.3. The van der Waals surface area contributed by atoms with Gasteiger partial charge >= 0.3 is 0 Å². The Kier molecular flexibility index (Phi) is 8.35. The second-order valence-corrected chi connectivity index (χ2v) is 14.8. The van der Waals surface area contributed by atoms with Crippen LogP contribution >= 0.6 is 0 Å². The Morgan fingerprint density at radius 1 is 0.446 bits per heavy atom. The van der Waals surface area contributed by atoms with E-state index in [1.807, 2.05) is 6.07 Å². The van der Waals surface area contributed by atoms with E-state index in [0.29, 0.717) is 0 Å². The molecule has 0 saturated heterocycles. The van der Waals surface area contributed by atoms with Crippen LogP contribution in [0.3, 0.4) is 0 Å². The minimum atomic E-state index is 1.04. The number of anilines is 6. The summed E-state index contributed by atoms with van der Waals surface area (Å²) in [5, 5.41) is 6.45. The molecule has 0 unspecified atom stereocenters. The molecule has 0 saturated carbocycles. The van der Waals surface area contributed by atoms with Crippen LogP contribution in [-0.4, -0.2) is 0 Å². The Bertz CT molecular complexity index is 2760. The predicted octanol–water partition coefficient (Wildman–Crippen LogP) is 13.9. The second-order valence-electron chi connectivity index (χ2n) is 14.8. The number of hydrogen-bond donors (Lipinski definition) is 0. The molecule has 56 heavy (non-hydrogen) atoms. The van der Waals surface area contributed by atoms with E-state index in [0.717, 1.165) is 47.0 Å². The third-order valence-corrected chi connectivity index (χ3v) is 11.4. The molecule has 266 valence electrons. The number of benzene rings is 8. The molecule has 0 spiro atoms. The quantitative estimate of drug-likeness (QED) is 0.154. The Morgan fingerprint density at radius 3 is 1.59 bits per heavy atom. The van der Waals surface area contributed by atoms with E-state index >= 15 is 0 Å². The van der Waals surface area contributed by atoms with Gasteiger partial charge in [0.05, 0.1) is 17.1 Å². The topological polar surface area (TPSA) is 6.48 Å². The molecule has 0 aliphatic heterocycles. The number of nitrogens with zero attached hydrogens (tertiary/aromatic N) is 2. The fraction of sp³-hybridized carbons (Fsp3) is 0.0741. The molecule has 0 bridgehead atoms. The van der Waals surface area contributed by atoms with Crippen LogP contribution in [0.1, 0.15) is 23.1 Å². The highest BCUT2D eigenvalue weighted by Gasteiger charge is 2.26. The van der Waals surface area contributed by atoms with E-state index in [1.54, 1.807) is 0 Å². The normalized spacial score (nSPS) is 12.0. The second kappa shape index (κ2) is 14.0. The van der Waals surface area contributed by atoms with Crippen molar-refractivity contribution in [1.82, 2.24) is 0 Å². The summed E-state index contributed by atoms with van der Waals surface area (Å²) in [5.74, 6) is 0. The van der Waals surface area contributed by atoms with Crippen molar-refractivity contribution in [3.8, 4) is 22.3 Å². The molecular weight excluding hydrogens is 677 g/mol. The summed E-state index contributed by atoms with van der Waals surface area (Å²) >= 11 is 0. The summed E-state index contributed by atoms with van der Waals surface area (Å²) in [4.78, 5) is 4.90. The maximum atomic E-state index is 3.28. The molecule has 2 heteroatoms. The third kappa shape index (κ3) is 5.77. The molecule has 9 aromatic rings. The van der Waals surface area contributed by atoms with Crippen LogP contribution in [0.15, 0.2) is 176 Å². The number of hydrogen-bond acceptors (Lipinski definition) is 2. The average Bonchev–Trinajstić information content (AvgIpc) is 3.26. The summed E-state index contributed by atoms with van der Waals surface area (Å²) in [6, 6.07) is 70.3. The molecule has 1 aliphatic carbocycles. The average molecular weight is 717 g/mol. The van der Waals surface area contributed by atoms with Crippen LogP contribution in [0.25, 0.3) is 49.9 Å². The highest BCUT2D eigenvalue weighted by Crippen LogP contribution is 2.50. The van der Waals surface area contributed by atoms with Gasteiger partial charge in [0.2, 0.25) is 0 Å². The minimum absolute atomic E-state index is 1.04. The van der Waals surface area contributed by atoms with Crippen molar-refractivity contribution in [3.05, 3.63) is 210 Å². The van der Waals surface area contributed by atoms with E-state index in [4.69, 9.17) is 0 Å². The van der Waals surface area contributed by atoms with E-state index in [9.17, 15) is 0 Å². The van der Waals surface area contributed by atoms with Crippen LogP contribution < -0.4 is 15.0 Å². The van der Waals surface area contributed by atoms with Gasteiger partial charge < -0.3 is 9.80 Å². The van der Waals surface area contributed by atoms with Crippen molar-refractivity contribution in [2.24, 2.45) is 0 Å². The van der Waals surface area contributed by atoms with E-state index in [-0.39, 0.29) is 0 Å². The standard InChI is InChI=1S/C54H40N2/c1-37-34-43(39-16-7-3-8-17-39)28-32-49(37)55(45-22-11-5-12-23-45)51-36-52(48-31-27-42-21-15-20-41-26-30-47(51)54(48)53(41)42)56(46-24-13-6-14-25-46)50-33-29-44(35-38(50)2)40-18-9-4-10-19-40/h3-5,7-13,16-20,22-36H,15,21H2,1-2H3. The van der Waals surface area contributed by atoms with Gasteiger partial charge in [-0.05, 0) is 131 Å². The highest BCUT2D eigenvalue weighted by molar-refractivity contribution is 6.22. The van der Waals surface area contributed by atoms with Gasteiger partial charge in [0.25, 0.3) is 0 Å². The van der Waals surface area contributed by atoms with Gasteiger partial charge in [0.1, 0.15) is 0 Å². The minimum Gasteiger partial charge on any atom is -0.310 e. The Hall–Kier alpha value is -7.08. The SMILES string of the molecule is Cc1cc(-c2ccccc2)ccc1N(c1cc#ccc1)c1cc(N(c2ccccc2)c2ccc(-c3ccccc3)cc2C)c2ccc3c4c(ccc1c24)CCC=3. The van der Waals surface area contributed by atoms with Crippen LogP contribution in [0.5, 0.6) is 0 Å². The van der Waals surface area contributed by atoms with Gasteiger partial charge in [-0.15, -0.1) is 0 Å². The van der Waals surface area contributed by atoms with Crippen molar-refractivity contribution in [3.63, 3.8) is 0 Å². The van der Waals surface area contributed by atoms with Gasteiger partial charge in [-0.3, -0.25) is 0 Å². The van der Waals surface area contributed by atoms with Crippen LogP contribution in [0.2, 0.25) is 0 Å². The van der Waals surface area contributed by atoms with Crippen molar-refractivity contribution < 1.29 is 0 Å². The van der Waals surface area contributed by atoms with Crippen LogP contribution in [-0.2, 0) is 6.42 Å². The first-order valence-electron chi connectivity index (χ1n) is 19.5. The molecule has 0 heterocycles. The molecule has 0 aromatic heterocycles. The zero-order valence-corrected chi connectivity index (χ0v) is 31.6. The lowest BCUT2D eigenvalue weighted by molar-refractivity contribution is 1.04. The summed E-state index contributed by atoms with van der Waals surface area (Å²) in [6.45, 7) is 4.47. The summed E-state index contributed by atoms with van der Waals surface area (Å²) in [6.07, 6.45) is 4.51. The van der Waals surface area contributed by atoms with Crippen molar-refractivity contribution >= 4 is 61.7 Å². The monoisotopic (exact) mass is 716 g/mol. The number of para-hydroxylation sites is 1. The molecule has 0 N–H and O–H groups in total. The van der Waals surface area contributed by atoms with Crippen molar-refractivity contribution in [2.75, 3.05) is 9.80 Å². The van der Waals surface area contributed by atoms with Gasteiger partial charge in [-0.2, -0.15) is 0 Å². The Balaban J connectivity index is 1.28. The van der Waals surface area contributed by atoms with Gasteiger partial charge in [0, 0.05) is 39.3 Å². The molecule has 2 nitrogen and oxygen atoms in total. The third-order valence-electron chi connectivity index (χ3n) is 11.4. The Morgan fingerprint density at radius 2 is 1.02 bits per heavy atom. The molecule has 0 fully saturated rings. The molecule has 1 aliphatic rings. The molecular formula is C54H40N2. The maximum absolute atomic E-state index is 3.28. The first-order valence-corrected chi connectivity index (χ1v) is 19.5. The lowest BCUT2D eigenvalue weighted by atomic mass is 9.88. The van der Waals surface area contributed by atoms with E-state index in [2.05, 4.69) is 212 Å². The molecule has 9 aromatic carbocycles.